The van der Waals surface area contributed by atoms with Crippen molar-refractivity contribution in [3.63, 3.8) is 0 Å². The standard InChI is InChI=1S/C17H26N6O3/c1-12-20-14(9-15(21-12)22-5-7-26-8-6-22)13-3-2-4-23(11-13)16(24)10-19-17(18)25/h9,13H,2-8,10-11H2,1H3,(H3,18,19,25)/t13-/m1/s1. The molecule has 2 aliphatic heterocycles. The number of morpholine rings is 1. The Bertz CT molecular complexity index is 662. The first-order valence-corrected chi connectivity index (χ1v) is 9.02. The van der Waals surface area contributed by atoms with Crippen LogP contribution < -0.4 is 16.0 Å². The van der Waals surface area contributed by atoms with E-state index in [1.54, 1.807) is 4.90 Å². The number of nitrogens with two attached hydrogens (primary N) is 1. The third-order valence-electron chi connectivity index (χ3n) is 4.79. The van der Waals surface area contributed by atoms with Gasteiger partial charge in [0.1, 0.15) is 11.6 Å². The SMILES string of the molecule is Cc1nc([C@@H]2CCCN(C(=O)CNC(N)=O)C2)cc(N2CCOCC2)n1. The van der Waals surface area contributed by atoms with Crippen molar-refractivity contribution < 1.29 is 14.3 Å². The molecule has 2 saturated heterocycles. The summed E-state index contributed by atoms with van der Waals surface area (Å²) in [6.07, 6.45) is 1.88. The van der Waals surface area contributed by atoms with E-state index in [9.17, 15) is 9.59 Å². The average Bonchev–Trinajstić information content (AvgIpc) is 2.66. The zero-order valence-corrected chi connectivity index (χ0v) is 15.1. The number of nitrogens with one attached hydrogen (secondary N) is 1. The summed E-state index contributed by atoms with van der Waals surface area (Å²) in [5, 5.41) is 2.36. The van der Waals surface area contributed by atoms with Crippen LogP contribution in [0.3, 0.4) is 0 Å². The lowest BCUT2D eigenvalue weighted by molar-refractivity contribution is -0.131. The van der Waals surface area contributed by atoms with Gasteiger partial charge in [-0.25, -0.2) is 14.8 Å². The second-order valence-electron chi connectivity index (χ2n) is 6.69. The highest BCUT2D eigenvalue weighted by molar-refractivity contribution is 5.83. The topological polar surface area (TPSA) is 114 Å². The molecule has 3 heterocycles. The molecule has 0 aliphatic carbocycles. The summed E-state index contributed by atoms with van der Waals surface area (Å²) in [5.41, 5.74) is 6.01. The van der Waals surface area contributed by atoms with Gasteiger partial charge in [-0.15, -0.1) is 0 Å². The molecule has 9 heteroatoms. The smallest absolute Gasteiger partial charge is 0.312 e. The Kier molecular flexibility index (Phi) is 5.87. The number of anilines is 1. The number of piperidine rings is 1. The predicted octanol–water partition coefficient (Wildman–Crippen LogP) is -0.00408. The van der Waals surface area contributed by atoms with Gasteiger partial charge in [0.15, 0.2) is 0 Å². The molecular weight excluding hydrogens is 336 g/mol. The molecule has 142 valence electrons. The summed E-state index contributed by atoms with van der Waals surface area (Å²) in [4.78, 5) is 36.3. The predicted molar refractivity (Wildman–Crippen MR) is 95.9 cm³/mol. The van der Waals surface area contributed by atoms with Crippen molar-refractivity contribution >= 4 is 17.8 Å². The van der Waals surface area contributed by atoms with E-state index in [2.05, 4.69) is 20.2 Å². The molecule has 2 fully saturated rings. The second kappa shape index (κ2) is 8.31. The molecule has 0 radical (unpaired) electrons. The number of aromatic nitrogens is 2. The fourth-order valence-corrected chi connectivity index (χ4v) is 3.46. The first-order chi connectivity index (χ1) is 12.5. The third-order valence-corrected chi connectivity index (χ3v) is 4.79. The molecule has 0 saturated carbocycles. The number of primary amides is 1. The molecule has 3 N–H and O–H groups in total. The van der Waals surface area contributed by atoms with Gasteiger partial charge in [0, 0.05) is 38.2 Å². The molecule has 0 aromatic carbocycles. The lowest BCUT2D eigenvalue weighted by Crippen LogP contribution is -2.45. The lowest BCUT2D eigenvalue weighted by atomic mass is 9.94. The number of hydrogen-bond donors (Lipinski definition) is 2. The van der Waals surface area contributed by atoms with E-state index in [0.29, 0.717) is 26.3 Å². The summed E-state index contributed by atoms with van der Waals surface area (Å²) in [6.45, 7) is 6.18. The van der Waals surface area contributed by atoms with Crippen LogP contribution in [-0.2, 0) is 9.53 Å². The van der Waals surface area contributed by atoms with Crippen LogP contribution in [0, 0.1) is 6.92 Å². The van der Waals surface area contributed by atoms with Gasteiger partial charge in [-0.05, 0) is 19.8 Å². The van der Waals surface area contributed by atoms with E-state index in [4.69, 9.17) is 10.5 Å². The summed E-state index contributed by atoms with van der Waals surface area (Å²) in [6, 6.07) is 1.35. The molecule has 0 spiro atoms. The third kappa shape index (κ3) is 4.60. The van der Waals surface area contributed by atoms with Crippen molar-refractivity contribution in [3.05, 3.63) is 17.6 Å². The Morgan fingerprint density at radius 1 is 1.31 bits per heavy atom. The van der Waals surface area contributed by atoms with Crippen LogP contribution in [-0.4, -0.2) is 72.7 Å². The van der Waals surface area contributed by atoms with Crippen LogP contribution in [0.2, 0.25) is 0 Å². The fraction of sp³-hybridized carbons (Fsp3) is 0.647. The molecule has 1 aromatic rings. The van der Waals surface area contributed by atoms with Gasteiger partial charge >= 0.3 is 6.03 Å². The minimum atomic E-state index is -0.687. The molecule has 1 atom stereocenters. The molecule has 3 rings (SSSR count). The number of hydrogen-bond acceptors (Lipinski definition) is 6. The fourth-order valence-electron chi connectivity index (χ4n) is 3.46. The normalized spacial score (nSPS) is 20.7. The van der Waals surface area contributed by atoms with Gasteiger partial charge in [-0.3, -0.25) is 4.79 Å². The van der Waals surface area contributed by atoms with Crippen LogP contribution >= 0.6 is 0 Å². The number of carbonyl (C=O) groups is 2. The molecule has 0 unspecified atom stereocenters. The average molecular weight is 362 g/mol. The summed E-state index contributed by atoms with van der Waals surface area (Å²) >= 11 is 0. The number of likely N-dealkylation sites (tertiary alicyclic amines) is 1. The van der Waals surface area contributed by atoms with Crippen LogP contribution in [0.25, 0.3) is 0 Å². The Labute approximate surface area is 152 Å². The highest BCUT2D eigenvalue weighted by atomic mass is 16.5. The summed E-state index contributed by atoms with van der Waals surface area (Å²) in [7, 11) is 0. The minimum absolute atomic E-state index is 0.0656. The Balaban J connectivity index is 1.70. The summed E-state index contributed by atoms with van der Waals surface area (Å²) < 4.78 is 5.41. The number of rotatable bonds is 4. The van der Waals surface area contributed by atoms with Gasteiger partial charge in [-0.2, -0.15) is 0 Å². The highest BCUT2D eigenvalue weighted by Crippen LogP contribution is 2.28. The van der Waals surface area contributed by atoms with Gasteiger partial charge in [0.25, 0.3) is 0 Å². The molecule has 0 bridgehead atoms. The van der Waals surface area contributed by atoms with E-state index >= 15 is 0 Å². The molecule has 2 aliphatic rings. The maximum Gasteiger partial charge on any atom is 0.312 e. The number of aryl methyl sites for hydroxylation is 1. The number of nitrogens with zero attached hydrogens (tertiary/aromatic N) is 4. The molecule has 1 aromatic heterocycles. The number of ether oxygens (including phenoxy) is 1. The van der Waals surface area contributed by atoms with Crippen LogP contribution in [0.1, 0.15) is 30.3 Å². The van der Waals surface area contributed by atoms with Crippen molar-refractivity contribution in [1.29, 1.82) is 0 Å². The number of amides is 3. The van der Waals surface area contributed by atoms with Crippen LogP contribution in [0.5, 0.6) is 0 Å². The lowest BCUT2D eigenvalue weighted by Gasteiger charge is -2.33. The van der Waals surface area contributed by atoms with Crippen molar-refractivity contribution in [3.8, 4) is 0 Å². The largest absolute Gasteiger partial charge is 0.378 e. The Morgan fingerprint density at radius 2 is 2.08 bits per heavy atom. The van der Waals surface area contributed by atoms with E-state index in [0.717, 1.165) is 43.3 Å². The van der Waals surface area contributed by atoms with Crippen molar-refractivity contribution in [2.24, 2.45) is 5.73 Å². The minimum Gasteiger partial charge on any atom is -0.378 e. The first-order valence-electron chi connectivity index (χ1n) is 9.02. The first kappa shape index (κ1) is 18.4. The van der Waals surface area contributed by atoms with Crippen molar-refractivity contribution in [2.75, 3.05) is 50.8 Å². The monoisotopic (exact) mass is 362 g/mol. The van der Waals surface area contributed by atoms with Gasteiger partial charge in [0.05, 0.1) is 25.5 Å². The van der Waals surface area contributed by atoms with Crippen LogP contribution in [0.15, 0.2) is 6.07 Å². The van der Waals surface area contributed by atoms with Crippen molar-refractivity contribution in [1.82, 2.24) is 20.2 Å². The second-order valence-corrected chi connectivity index (χ2v) is 6.69. The Hall–Kier alpha value is -2.42. The van der Waals surface area contributed by atoms with E-state index in [-0.39, 0.29) is 18.4 Å². The zero-order valence-electron chi connectivity index (χ0n) is 15.1. The molecule has 9 nitrogen and oxygen atoms in total. The number of urea groups is 1. The highest BCUT2D eigenvalue weighted by Gasteiger charge is 2.27. The van der Waals surface area contributed by atoms with E-state index in [1.165, 1.54) is 0 Å². The van der Waals surface area contributed by atoms with E-state index < -0.39 is 6.03 Å². The molecule has 26 heavy (non-hydrogen) atoms. The summed E-state index contributed by atoms with van der Waals surface area (Å²) in [5.74, 6) is 1.72. The van der Waals surface area contributed by atoms with Gasteiger partial charge in [-0.1, -0.05) is 0 Å². The maximum atomic E-state index is 12.3. The van der Waals surface area contributed by atoms with Gasteiger partial charge < -0.3 is 25.6 Å². The Morgan fingerprint density at radius 3 is 2.81 bits per heavy atom. The quantitative estimate of drug-likeness (QED) is 0.779. The number of carbonyl (C=O) groups excluding carboxylic acids is 2. The molecule has 3 amide bonds. The van der Waals surface area contributed by atoms with Crippen LogP contribution in [0.4, 0.5) is 10.6 Å². The van der Waals surface area contributed by atoms with E-state index in [1.807, 2.05) is 13.0 Å². The zero-order chi connectivity index (χ0) is 18.5. The van der Waals surface area contributed by atoms with Crippen molar-refractivity contribution in [2.45, 2.75) is 25.7 Å². The molecular formula is C17H26N6O3. The van der Waals surface area contributed by atoms with Gasteiger partial charge in [0.2, 0.25) is 5.91 Å². The maximum absolute atomic E-state index is 12.3.